The number of piperazine rings is 1. The first-order chi connectivity index (χ1) is 9.72. The third kappa shape index (κ3) is 2.39. The fourth-order valence-electron chi connectivity index (χ4n) is 2.42. The van der Waals surface area contributed by atoms with Gasteiger partial charge in [0.15, 0.2) is 5.69 Å². The Morgan fingerprint density at radius 2 is 2.05 bits per heavy atom. The highest BCUT2D eigenvalue weighted by atomic mass is 32.2. The van der Waals surface area contributed by atoms with Gasteiger partial charge in [-0.15, -0.1) is 0 Å². The van der Waals surface area contributed by atoms with Gasteiger partial charge in [-0.2, -0.15) is 9.57 Å². The number of carbonyl (C=O) groups excluding carboxylic acids is 1. The van der Waals surface area contributed by atoms with Crippen LogP contribution in [0.4, 0.5) is 0 Å². The Kier molecular flexibility index (Phi) is 3.74. The number of amides is 1. The molecule has 112 valence electrons. The molecule has 0 spiro atoms. The first-order valence-electron chi connectivity index (χ1n) is 6.36. The highest BCUT2D eigenvalue weighted by Gasteiger charge is 2.47. The van der Waals surface area contributed by atoms with Crippen LogP contribution in [0.15, 0.2) is 23.2 Å². The average Bonchev–Trinajstić information content (AvgIpc) is 2.44. The maximum atomic E-state index is 12.8. The lowest BCUT2D eigenvalue weighted by molar-refractivity contribution is -0.142. The number of likely N-dealkylation sites (N-methyl/N-ethyl adjacent to an activating group) is 1. The van der Waals surface area contributed by atoms with Crippen LogP contribution in [-0.2, 0) is 14.8 Å². The van der Waals surface area contributed by atoms with Crippen molar-refractivity contribution in [1.29, 1.82) is 5.26 Å². The van der Waals surface area contributed by atoms with Crippen LogP contribution in [0, 0.1) is 11.3 Å². The third-order valence-electron chi connectivity index (χ3n) is 3.58. The Morgan fingerprint density at radius 3 is 2.67 bits per heavy atom. The lowest BCUT2D eigenvalue weighted by Gasteiger charge is -2.43. The summed E-state index contributed by atoms with van der Waals surface area (Å²) in [4.78, 5) is 17.3. The van der Waals surface area contributed by atoms with Crippen molar-refractivity contribution in [3.05, 3.63) is 24.0 Å². The zero-order chi connectivity index (χ0) is 15.8. The normalized spacial score (nSPS) is 19.3. The van der Waals surface area contributed by atoms with E-state index in [9.17, 15) is 13.2 Å². The number of rotatable bonds is 2. The largest absolute Gasteiger partial charge is 0.343 e. The fraction of sp³-hybridized carbons (Fsp3) is 0.462. The quantitative estimate of drug-likeness (QED) is 0.777. The SMILES string of the molecule is CN1CCN(S(=O)(=O)c2cccnc2C#N)C(C)(C)C1=O. The van der Waals surface area contributed by atoms with Gasteiger partial charge in [0.25, 0.3) is 0 Å². The average molecular weight is 308 g/mol. The first-order valence-corrected chi connectivity index (χ1v) is 7.80. The summed E-state index contributed by atoms with van der Waals surface area (Å²) in [6, 6.07) is 4.57. The van der Waals surface area contributed by atoms with Gasteiger partial charge in [-0.3, -0.25) is 4.79 Å². The van der Waals surface area contributed by atoms with Crippen molar-refractivity contribution >= 4 is 15.9 Å². The lowest BCUT2D eigenvalue weighted by Crippen LogP contribution is -2.63. The molecule has 1 fully saturated rings. The second kappa shape index (κ2) is 5.09. The minimum Gasteiger partial charge on any atom is -0.343 e. The summed E-state index contributed by atoms with van der Waals surface area (Å²) >= 11 is 0. The maximum Gasteiger partial charge on any atom is 0.246 e. The molecule has 1 aromatic rings. The molecular formula is C13H16N4O3S. The van der Waals surface area contributed by atoms with Gasteiger partial charge in [0, 0.05) is 26.3 Å². The molecule has 1 saturated heterocycles. The van der Waals surface area contributed by atoms with E-state index < -0.39 is 15.6 Å². The van der Waals surface area contributed by atoms with Crippen LogP contribution in [-0.4, -0.2) is 54.2 Å². The maximum absolute atomic E-state index is 12.8. The van der Waals surface area contributed by atoms with Gasteiger partial charge in [-0.05, 0) is 26.0 Å². The number of aromatic nitrogens is 1. The van der Waals surface area contributed by atoms with Crippen LogP contribution in [0.2, 0.25) is 0 Å². The molecule has 2 rings (SSSR count). The molecular weight excluding hydrogens is 292 g/mol. The highest BCUT2D eigenvalue weighted by Crippen LogP contribution is 2.29. The summed E-state index contributed by atoms with van der Waals surface area (Å²) in [6.07, 6.45) is 1.36. The predicted molar refractivity (Wildman–Crippen MR) is 74.6 cm³/mol. The number of sulfonamides is 1. The van der Waals surface area contributed by atoms with E-state index in [1.807, 2.05) is 0 Å². The minimum atomic E-state index is -3.97. The number of nitriles is 1. The third-order valence-corrected chi connectivity index (χ3v) is 5.68. The number of carbonyl (C=O) groups is 1. The van der Waals surface area contributed by atoms with E-state index in [2.05, 4.69) is 4.98 Å². The van der Waals surface area contributed by atoms with E-state index >= 15 is 0 Å². The summed E-state index contributed by atoms with van der Waals surface area (Å²) in [5.41, 5.74) is -1.37. The minimum absolute atomic E-state index is 0.167. The van der Waals surface area contributed by atoms with Gasteiger partial charge in [-0.1, -0.05) is 0 Å². The topological polar surface area (TPSA) is 94.4 Å². The molecule has 0 radical (unpaired) electrons. The molecule has 1 aliphatic heterocycles. The Hall–Kier alpha value is -1.98. The monoisotopic (exact) mass is 308 g/mol. The molecule has 1 amide bonds. The summed E-state index contributed by atoms with van der Waals surface area (Å²) < 4.78 is 26.7. The zero-order valence-corrected chi connectivity index (χ0v) is 12.9. The van der Waals surface area contributed by atoms with Gasteiger partial charge in [-0.25, -0.2) is 13.4 Å². The predicted octanol–water partition coefficient (Wildman–Crippen LogP) is 0.195. The van der Waals surface area contributed by atoms with Crippen LogP contribution in [0.25, 0.3) is 0 Å². The summed E-state index contributed by atoms with van der Waals surface area (Å²) in [7, 11) is -2.33. The zero-order valence-electron chi connectivity index (χ0n) is 12.1. The van der Waals surface area contributed by atoms with Crippen molar-refractivity contribution in [3.63, 3.8) is 0 Å². The van der Waals surface area contributed by atoms with Gasteiger partial charge in [0.05, 0.1) is 0 Å². The second-order valence-corrected chi connectivity index (χ2v) is 7.16. The summed E-state index contributed by atoms with van der Waals surface area (Å²) in [5.74, 6) is -0.278. The van der Waals surface area contributed by atoms with E-state index in [1.54, 1.807) is 27.0 Å². The van der Waals surface area contributed by atoms with E-state index in [0.29, 0.717) is 6.54 Å². The summed E-state index contributed by atoms with van der Waals surface area (Å²) in [6.45, 7) is 3.61. The molecule has 1 aliphatic rings. The standard InChI is InChI=1S/C13H16N4O3S/c1-13(2)12(18)16(3)7-8-17(13)21(19,20)11-5-4-6-15-10(11)9-14/h4-6H,7-8H2,1-3H3. The van der Waals surface area contributed by atoms with E-state index in [1.165, 1.54) is 23.2 Å². The van der Waals surface area contributed by atoms with Gasteiger partial charge >= 0.3 is 0 Å². The Bertz CT molecular complexity index is 721. The molecule has 0 bridgehead atoms. The van der Waals surface area contributed by atoms with E-state index in [0.717, 1.165) is 4.31 Å². The highest BCUT2D eigenvalue weighted by molar-refractivity contribution is 7.89. The molecule has 0 N–H and O–H groups in total. The Balaban J connectivity index is 2.55. The van der Waals surface area contributed by atoms with Crippen LogP contribution in [0.1, 0.15) is 19.5 Å². The van der Waals surface area contributed by atoms with Crippen LogP contribution in [0.3, 0.4) is 0 Å². The molecule has 0 aromatic carbocycles. The van der Waals surface area contributed by atoms with Gasteiger partial charge < -0.3 is 4.90 Å². The number of pyridine rings is 1. The molecule has 2 heterocycles. The molecule has 1 aromatic heterocycles. The number of hydrogen-bond acceptors (Lipinski definition) is 5. The molecule has 0 unspecified atom stereocenters. The van der Waals surface area contributed by atoms with Crippen molar-refractivity contribution in [2.75, 3.05) is 20.1 Å². The van der Waals surface area contributed by atoms with Crippen molar-refractivity contribution in [1.82, 2.24) is 14.2 Å². The fourth-order valence-corrected chi connectivity index (χ4v) is 4.25. The number of hydrogen-bond donors (Lipinski definition) is 0. The molecule has 0 aliphatic carbocycles. The second-order valence-electron chi connectivity index (χ2n) is 5.32. The Labute approximate surface area is 123 Å². The lowest BCUT2D eigenvalue weighted by atomic mass is 10.0. The number of nitrogens with zero attached hydrogens (tertiary/aromatic N) is 4. The summed E-state index contributed by atoms with van der Waals surface area (Å²) in [5, 5.41) is 9.03. The molecule has 0 atom stereocenters. The van der Waals surface area contributed by atoms with Gasteiger partial charge in [0.2, 0.25) is 15.9 Å². The van der Waals surface area contributed by atoms with Crippen LogP contribution in [0.5, 0.6) is 0 Å². The molecule has 8 heteroatoms. The van der Waals surface area contributed by atoms with Crippen molar-refractivity contribution in [2.45, 2.75) is 24.3 Å². The molecule has 0 saturated carbocycles. The van der Waals surface area contributed by atoms with Crippen molar-refractivity contribution < 1.29 is 13.2 Å². The van der Waals surface area contributed by atoms with E-state index in [4.69, 9.17) is 5.26 Å². The van der Waals surface area contributed by atoms with Gasteiger partial charge in [0.1, 0.15) is 16.5 Å². The smallest absolute Gasteiger partial charge is 0.246 e. The van der Waals surface area contributed by atoms with Crippen LogP contribution >= 0.6 is 0 Å². The molecule has 7 nitrogen and oxygen atoms in total. The Morgan fingerprint density at radius 1 is 1.38 bits per heavy atom. The van der Waals surface area contributed by atoms with Crippen LogP contribution < -0.4 is 0 Å². The molecule has 21 heavy (non-hydrogen) atoms. The first kappa shape index (κ1) is 15.4. The van der Waals surface area contributed by atoms with Crippen molar-refractivity contribution in [3.8, 4) is 6.07 Å². The van der Waals surface area contributed by atoms with Crippen molar-refractivity contribution in [2.24, 2.45) is 0 Å². The van der Waals surface area contributed by atoms with E-state index in [-0.39, 0.29) is 23.0 Å².